The first-order valence-corrected chi connectivity index (χ1v) is 4.58. The first kappa shape index (κ1) is 8.30. The van der Waals surface area contributed by atoms with Gasteiger partial charge in [0, 0.05) is 0 Å². The number of rotatable bonds is 4. The lowest BCUT2D eigenvalue weighted by Gasteiger charge is -2.04. The van der Waals surface area contributed by atoms with Gasteiger partial charge in [0.25, 0.3) is 0 Å². The van der Waals surface area contributed by atoms with Crippen LogP contribution in [0.25, 0.3) is 0 Å². The predicted molar refractivity (Wildman–Crippen MR) is 53.9 cm³/mol. The summed E-state index contributed by atoms with van der Waals surface area (Å²) in [6, 6.07) is 7.70. The van der Waals surface area contributed by atoms with Gasteiger partial charge in [-0.3, -0.25) is 4.99 Å². The van der Waals surface area contributed by atoms with Gasteiger partial charge in [-0.2, -0.15) is 0 Å². The largest absolute Gasteiger partial charge is 0.493 e. The summed E-state index contributed by atoms with van der Waals surface area (Å²) < 4.78 is 5.57. The molecule has 2 rings (SSSR count). The lowest BCUT2D eigenvalue weighted by atomic mass is 10.3. The maximum Gasteiger partial charge on any atom is 0.119 e. The minimum absolute atomic E-state index is 0.803. The normalized spacial score (nSPS) is 15.4. The summed E-state index contributed by atoms with van der Waals surface area (Å²) in [6.07, 6.45) is 2.65. The topological polar surface area (TPSA) is 21.6 Å². The van der Waals surface area contributed by atoms with Gasteiger partial charge in [0.15, 0.2) is 0 Å². The highest BCUT2D eigenvalue weighted by Crippen LogP contribution is 2.29. The highest BCUT2D eigenvalue weighted by molar-refractivity contribution is 5.47. The molecule has 2 heteroatoms. The molecule has 13 heavy (non-hydrogen) atoms. The van der Waals surface area contributed by atoms with Crippen molar-refractivity contribution in [2.45, 2.75) is 12.8 Å². The standard InChI is InChI=1S/C11H13NO/c1-12-10-4-6-11(7-5-10)13-8-9-2-3-9/h4-7,9H,1-3,8H2. The lowest BCUT2D eigenvalue weighted by Crippen LogP contribution is -1.98. The van der Waals surface area contributed by atoms with E-state index in [0.29, 0.717) is 0 Å². The average molecular weight is 175 g/mol. The maximum atomic E-state index is 5.57. The SMILES string of the molecule is C=Nc1ccc(OCC2CC2)cc1. The van der Waals surface area contributed by atoms with Gasteiger partial charge >= 0.3 is 0 Å². The molecule has 0 atom stereocenters. The second-order valence-corrected chi connectivity index (χ2v) is 3.41. The summed E-state index contributed by atoms with van der Waals surface area (Å²) in [5.41, 5.74) is 0.888. The predicted octanol–water partition coefficient (Wildman–Crippen LogP) is 2.81. The summed E-state index contributed by atoms with van der Waals surface area (Å²) in [4.78, 5) is 3.81. The Morgan fingerprint density at radius 1 is 1.31 bits per heavy atom. The molecule has 1 aliphatic carbocycles. The van der Waals surface area contributed by atoms with Crippen LogP contribution in [0.4, 0.5) is 5.69 Å². The molecule has 1 aliphatic rings. The average Bonchev–Trinajstić information content (AvgIpc) is 2.99. The zero-order chi connectivity index (χ0) is 9.10. The van der Waals surface area contributed by atoms with Crippen LogP contribution in [-0.4, -0.2) is 13.3 Å². The molecule has 2 nitrogen and oxygen atoms in total. The molecule has 0 spiro atoms. The highest BCUT2D eigenvalue weighted by Gasteiger charge is 2.21. The van der Waals surface area contributed by atoms with Crippen LogP contribution < -0.4 is 4.74 Å². The van der Waals surface area contributed by atoms with Crippen LogP contribution in [-0.2, 0) is 0 Å². The number of benzene rings is 1. The molecule has 68 valence electrons. The van der Waals surface area contributed by atoms with Crippen LogP contribution in [0.2, 0.25) is 0 Å². The number of hydrogen-bond donors (Lipinski definition) is 0. The first-order valence-electron chi connectivity index (χ1n) is 4.58. The third-order valence-corrected chi connectivity index (χ3v) is 2.20. The molecule has 1 aromatic carbocycles. The van der Waals surface area contributed by atoms with Crippen molar-refractivity contribution in [3.05, 3.63) is 24.3 Å². The summed E-state index contributed by atoms with van der Waals surface area (Å²) in [5, 5.41) is 0. The molecule has 1 fully saturated rings. The summed E-state index contributed by atoms with van der Waals surface area (Å²) in [5.74, 6) is 1.73. The molecule has 0 saturated heterocycles. The van der Waals surface area contributed by atoms with E-state index in [1.165, 1.54) is 12.8 Å². The van der Waals surface area contributed by atoms with Gasteiger partial charge in [-0.05, 0) is 49.7 Å². The second kappa shape index (κ2) is 3.60. The minimum atomic E-state index is 0.803. The second-order valence-electron chi connectivity index (χ2n) is 3.41. The van der Waals surface area contributed by atoms with Crippen molar-refractivity contribution in [1.29, 1.82) is 0 Å². The van der Waals surface area contributed by atoms with Gasteiger partial charge in [-0.1, -0.05) is 0 Å². The van der Waals surface area contributed by atoms with Crippen LogP contribution in [0.5, 0.6) is 5.75 Å². The van der Waals surface area contributed by atoms with Crippen LogP contribution in [0, 0.1) is 5.92 Å². The van der Waals surface area contributed by atoms with Gasteiger partial charge in [-0.15, -0.1) is 0 Å². The Kier molecular flexibility index (Phi) is 2.30. The Morgan fingerprint density at radius 3 is 2.54 bits per heavy atom. The van der Waals surface area contributed by atoms with Crippen LogP contribution >= 0.6 is 0 Å². The molecular formula is C11H13NO. The Bertz CT molecular complexity index is 287. The van der Waals surface area contributed by atoms with Crippen molar-refractivity contribution in [3.8, 4) is 5.75 Å². The number of ether oxygens (including phenoxy) is 1. The van der Waals surface area contributed by atoms with E-state index in [9.17, 15) is 0 Å². The van der Waals surface area contributed by atoms with E-state index in [1.54, 1.807) is 0 Å². The highest BCUT2D eigenvalue weighted by atomic mass is 16.5. The van der Waals surface area contributed by atoms with Crippen molar-refractivity contribution in [3.63, 3.8) is 0 Å². The molecule has 0 N–H and O–H groups in total. The molecule has 0 aliphatic heterocycles. The molecule has 0 bridgehead atoms. The van der Waals surface area contributed by atoms with Gasteiger partial charge in [0.05, 0.1) is 12.3 Å². The van der Waals surface area contributed by atoms with E-state index >= 15 is 0 Å². The Morgan fingerprint density at radius 2 is 2.00 bits per heavy atom. The van der Waals surface area contributed by atoms with Crippen molar-refractivity contribution < 1.29 is 4.74 Å². The van der Waals surface area contributed by atoms with Crippen LogP contribution in [0.15, 0.2) is 29.3 Å². The van der Waals surface area contributed by atoms with Crippen molar-refractivity contribution in [1.82, 2.24) is 0 Å². The number of hydrogen-bond acceptors (Lipinski definition) is 2. The zero-order valence-electron chi connectivity index (χ0n) is 7.57. The van der Waals surface area contributed by atoms with Gasteiger partial charge in [-0.25, -0.2) is 0 Å². The monoisotopic (exact) mass is 175 g/mol. The zero-order valence-corrected chi connectivity index (χ0v) is 7.57. The van der Waals surface area contributed by atoms with E-state index in [-0.39, 0.29) is 0 Å². The molecule has 0 unspecified atom stereocenters. The Hall–Kier alpha value is -1.31. The van der Waals surface area contributed by atoms with Crippen molar-refractivity contribution in [2.24, 2.45) is 10.9 Å². The van der Waals surface area contributed by atoms with Gasteiger partial charge < -0.3 is 4.74 Å². The Labute approximate surface area is 78.3 Å². The molecule has 0 radical (unpaired) electrons. The first-order chi connectivity index (χ1) is 6.38. The fourth-order valence-electron chi connectivity index (χ4n) is 1.15. The van der Waals surface area contributed by atoms with Crippen molar-refractivity contribution in [2.75, 3.05) is 6.61 Å². The molecule has 0 aromatic heterocycles. The molecule has 0 heterocycles. The van der Waals surface area contributed by atoms with E-state index < -0.39 is 0 Å². The van der Waals surface area contributed by atoms with E-state index in [1.807, 2.05) is 24.3 Å². The lowest BCUT2D eigenvalue weighted by molar-refractivity contribution is 0.300. The van der Waals surface area contributed by atoms with E-state index in [4.69, 9.17) is 4.74 Å². The third kappa shape index (κ3) is 2.31. The van der Waals surface area contributed by atoms with E-state index in [0.717, 1.165) is 24.0 Å². The van der Waals surface area contributed by atoms with Gasteiger partial charge in [0.2, 0.25) is 0 Å². The fourth-order valence-corrected chi connectivity index (χ4v) is 1.15. The van der Waals surface area contributed by atoms with Crippen LogP contribution in [0.3, 0.4) is 0 Å². The maximum absolute atomic E-state index is 5.57. The molecule has 1 aromatic rings. The van der Waals surface area contributed by atoms with Gasteiger partial charge in [0.1, 0.15) is 5.75 Å². The van der Waals surface area contributed by atoms with Crippen LogP contribution in [0.1, 0.15) is 12.8 Å². The summed E-state index contributed by atoms with van der Waals surface area (Å²) in [6.45, 7) is 4.32. The van der Waals surface area contributed by atoms with Crippen molar-refractivity contribution >= 4 is 12.4 Å². The van der Waals surface area contributed by atoms with E-state index in [2.05, 4.69) is 11.7 Å². The summed E-state index contributed by atoms with van der Waals surface area (Å²) >= 11 is 0. The molecule has 0 amide bonds. The minimum Gasteiger partial charge on any atom is -0.493 e. The third-order valence-electron chi connectivity index (χ3n) is 2.20. The Balaban J connectivity index is 1.91. The smallest absolute Gasteiger partial charge is 0.119 e. The summed E-state index contributed by atoms with van der Waals surface area (Å²) in [7, 11) is 0. The molecular weight excluding hydrogens is 162 g/mol. The molecule has 1 saturated carbocycles. The number of nitrogens with zero attached hydrogens (tertiary/aromatic N) is 1. The number of aliphatic imine (C=N–C) groups is 1. The fraction of sp³-hybridized carbons (Fsp3) is 0.364. The quantitative estimate of drug-likeness (QED) is 0.645.